The molecule has 1 amide bonds. The number of nitrogens with one attached hydrogen (secondary N) is 1. The van der Waals surface area contributed by atoms with Crippen molar-refractivity contribution >= 4 is 17.7 Å². The number of carbonyl (C=O) groups excluding carboxylic acids is 1. The minimum Gasteiger partial charge on any atom is -0.341 e. The highest BCUT2D eigenvalue weighted by Gasteiger charge is 2.31. The number of aromatic nitrogens is 2. The number of aryl methyl sites for hydroxylation is 1. The van der Waals surface area contributed by atoms with Gasteiger partial charge in [-0.15, -0.1) is 11.8 Å². The van der Waals surface area contributed by atoms with Crippen molar-refractivity contribution in [2.24, 2.45) is 7.05 Å². The molecule has 0 saturated heterocycles. The first-order valence-electron chi connectivity index (χ1n) is 8.39. The van der Waals surface area contributed by atoms with Gasteiger partial charge in [0.05, 0.1) is 5.25 Å². The van der Waals surface area contributed by atoms with Crippen molar-refractivity contribution in [1.82, 2.24) is 14.9 Å². The molecule has 1 aliphatic rings. The van der Waals surface area contributed by atoms with E-state index in [1.54, 1.807) is 30.1 Å². The zero-order valence-electron chi connectivity index (χ0n) is 14.2. The summed E-state index contributed by atoms with van der Waals surface area (Å²) in [7, 11) is 1.88. The van der Waals surface area contributed by atoms with Gasteiger partial charge in [-0.2, -0.15) is 0 Å². The molecule has 0 bridgehead atoms. The SMILES string of the molecule is Cn1ccnc1C(NC(=O)C1Cc2ccccc2S1)c1ccc(F)cc1. The van der Waals surface area contributed by atoms with Crippen LogP contribution in [0.15, 0.2) is 65.8 Å². The Labute approximate surface area is 155 Å². The van der Waals surface area contributed by atoms with E-state index in [9.17, 15) is 9.18 Å². The van der Waals surface area contributed by atoms with Crippen LogP contribution in [0.3, 0.4) is 0 Å². The van der Waals surface area contributed by atoms with Gasteiger partial charge in [-0.05, 0) is 35.7 Å². The van der Waals surface area contributed by atoms with Gasteiger partial charge in [-0.1, -0.05) is 30.3 Å². The van der Waals surface area contributed by atoms with E-state index in [1.807, 2.05) is 36.0 Å². The van der Waals surface area contributed by atoms with Crippen LogP contribution in [0.5, 0.6) is 0 Å². The Morgan fingerprint density at radius 2 is 2.04 bits per heavy atom. The van der Waals surface area contributed by atoms with Crippen LogP contribution in [-0.2, 0) is 18.3 Å². The molecule has 0 spiro atoms. The number of thioether (sulfide) groups is 1. The lowest BCUT2D eigenvalue weighted by atomic mass is 10.0. The van der Waals surface area contributed by atoms with Crippen molar-refractivity contribution in [1.29, 1.82) is 0 Å². The summed E-state index contributed by atoms with van der Waals surface area (Å²) in [5.74, 6) is 0.370. The fourth-order valence-electron chi connectivity index (χ4n) is 3.17. The highest BCUT2D eigenvalue weighted by atomic mass is 32.2. The summed E-state index contributed by atoms with van der Waals surface area (Å²) >= 11 is 1.59. The van der Waals surface area contributed by atoms with Crippen LogP contribution < -0.4 is 5.32 Å². The van der Waals surface area contributed by atoms with E-state index >= 15 is 0 Å². The molecule has 2 unspecified atom stereocenters. The van der Waals surface area contributed by atoms with Crippen LogP contribution in [0.25, 0.3) is 0 Å². The van der Waals surface area contributed by atoms with Crippen molar-refractivity contribution < 1.29 is 9.18 Å². The molecular formula is C20H18FN3OS. The maximum atomic E-state index is 13.3. The van der Waals surface area contributed by atoms with E-state index < -0.39 is 6.04 Å². The Bertz CT molecular complexity index is 913. The Balaban J connectivity index is 1.58. The smallest absolute Gasteiger partial charge is 0.234 e. The number of hydrogen-bond donors (Lipinski definition) is 1. The highest BCUT2D eigenvalue weighted by molar-refractivity contribution is 8.01. The van der Waals surface area contributed by atoms with Crippen molar-refractivity contribution in [3.05, 3.63) is 83.7 Å². The van der Waals surface area contributed by atoms with E-state index in [0.29, 0.717) is 12.2 Å². The molecular weight excluding hydrogens is 349 g/mol. The van der Waals surface area contributed by atoms with Crippen LogP contribution in [0.1, 0.15) is 23.0 Å². The number of imidazole rings is 1. The summed E-state index contributed by atoms with van der Waals surface area (Å²) < 4.78 is 15.2. The normalized spacial score (nSPS) is 16.9. The third kappa shape index (κ3) is 3.24. The van der Waals surface area contributed by atoms with Crippen molar-refractivity contribution in [3.8, 4) is 0 Å². The Morgan fingerprint density at radius 1 is 1.27 bits per heavy atom. The molecule has 4 nitrogen and oxygen atoms in total. The summed E-state index contributed by atoms with van der Waals surface area (Å²) in [6.45, 7) is 0. The number of fused-ring (bicyclic) bond motifs is 1. The highest BCUT2D eigenvalue weighted by Crippen LogP contribution is 2.37. The topological polar surface area (TPSA) is 46.9 Å². The summed E-state index contributed by atoms with van der Waals surface area (Å²) in [6, 6.07) is 13.8. The lowest BCUT2D eigenvalue weighted by Gasteiger charge is -2.21. The molecule has 0 saturated carbocycles. The van der Waals surface area contributed by atoms with Crippen molar-refractivity contribution in [3.63, 3.8) is 0 Å². The molecule has 6 heteroatoms. The first-order valence-corrected chi connectivity index (χ1v) is 9.27. The second-order valence-electron chi connectivity index (χ2n) is 6.31. The zero-order valence-corrected chi connectivity index (χ0v) is 15.0. The summed E-state index contributed by atoms with van der Waals surface area (Å²) in [5.41, 5.74) is 2.00. The predicted molar refractivity (Wildman–Crippen MR) is 99.4 cm³/mol. The largest absolute Gasteiger partial charge is 0.341 e. The lowest BCUT2D eigenvalue weighted by molar-refractivity contribution is -0.121. The van der Waals surface area contributed by atoms with E-state index in [4.69, 9.17) is 0 Å². The molecule has 2 atom stereocenters. The number of hydrogen-bond acceptors (Lipinski definition) is 3. The third-order valence-electron chi connectivity index (χ3n) is 4.55. The Morgan fingerprint density at radius 3 is 2.73 bits per heavy atom. The minimum atomic E-state index is -0.424. The van der Waals surface area contributed by atoms with Crippen molar-refractivity contribution in [2.75, 3.05) is 0 Å². The third-order valence-corrected chi connectivity index (χ3v) is 5.86. The van der Waals surface area contributed by atoms with Crippen LogP contribution in [0.2, 0.25) is 0 Å². The molecule has 2 aromatic carbocycles. The van der Waals surface area contributed by atoms with E-state index in [0.717, 1.165) is 10.5 Å². The molecule has 0 fully saturated rings. The van der Waals surface area contributed by atoms with E-state index in [1.165, 1.54) is 17.7 Å². The van der Waals surface area contributed by atoms with E-state index in [-0.39, 0.29) is 17.0 Å². The first-order chi connectivity index (χ1) is 12.6. The summed E-state index contributed by atoms with van der Waals surface area (Å²) in [6.07, 6.45) is 4.24. The van der Waals surface area contributed by atoms with Crippen LogP contribution in [0, 0.1) is 5.82 Å². The molecule has 1 aliphatic heterocycles. The van der Waals surface area contributed by atoms with Crippen molar-refractivity contribution in [2.45, 2.75) is 22.6 Å². The van der Waals surface area contributed by atoms with Crippen LogP contribution >= 0.6 is 11.8 Å². The fourth-order valence-corrected chi connectivity index (χ4v) is 4.38. The van der Waals surface area contributed by atoms with Gasteiger partial charge in [-0.25, -0.2) is 9.37 Å². The van der Waals surface area contributed by atoms with Gasteiger partial charge >= 0.3 is 0 Å². The molecule has 132 valence electrons. The number of nitrogens with zero attached hydrogens (tertiary/aromatic N) is 2. The van der Waals surface area contributed by atoms with Gasteiger partial charge in [-0.3, -0.25) is 4.79 Å². The molecule has 1 aromatic heterocycles. The van der Waals surface area contributed by atoms with Crippen LogP contribution in [-0.4, -0.2) is 20.7 Å². The molecule has 1 N–H and O–H groups in total. The molecule has 0 radical (unpaired) electrons. The molecule has 3 aromatic rings. The monoisotopic (exact) mass is 367 g/mol. The zero-order chi connectivity index (χ0) is 18.1. The maximum absolute atomic E-state index is 13.3. The average molecular weight is 367 g/mol. The summed E-state index contributed by atoms with van der Waals surface area (Å²) in [5, 5.41) is 2.94. The van der Waals surface area contributed by atoms with Gasteiger partial charge in [0.25, 0.3) is 0 Å². The predicted octanol–water partition coefficient (Wildman–Crippen LogP) is 3.48. The lowest BCUT2D eigenvalue weighted by Crippen LogP contribution is -2.37. The Kier molecular flexibility index (Phi) is 4.51. The maximum Gasteiger partial charge on any atom is 0.234 e. The second kappa shape index (κ2) is 6.96. The molecule has 4 rings (SSSR count). The van der Waals surface area contributed by atoms with Crippen LogP contribution in [0.4, 0.5) is 4.39 Å². The summed E-state index contributed by atoms with van der Waals surface area (Å²) in [4.78, 5) is 18.5. The number of amides is 1. The number of rotatable bonds is 4. The van der Waals surface area contributed by atoms with Gasteiger partial charge in [0.15, 0.2) is 0 Å². The molecule has 26 heavy (non-hydrogen) atoms. The fraction of sp³-hybridized carbons (Fsp3) is 0.200. The number of benzene rings is 2. The van der Waals surface area contributed by atoms with Gasteiger partial charge < -0.3 is 9.88 Å². The minimum absolute atomic E-state index is 0.0384. The number of halogens is 1. The van der Waals surface area contributed by atoms with Gasteiger partial charge in [0.1, 0.15) is 17.7 Å². The first kappa shape index (κ1) is 16.8. The quantitative estimate of drug-likeness (QED) is 0.768. The average Bonchev–Trinajstić information content (AvgIpc) is 3.26. The van der Waals surface area contributed by atoms with Gasteiger partial charge in [0.2, 0.25) is 5.91 Å². The standard InChI is InChI=1S/C20H18FN3OS/c1-24-11-10-22-19(24)18(13-6-8-15(21)9-7-13)23-20(25)17-12-14-4-2-3-5-16(14)26-17/h2-11,17-18H,12H2,1H3,(H,23,25). The second-order valence-corrected chi connectivity index (χ2v) is 7.55. The Hall–Kier alpha value is -2.60. The number of carbonyl (C=O) groups is 1. The molecule has 2 heterocycles. The molecule has 0 aliphatic carbocycles. The van der Waals surface area contributed by atoms with Gasteiger partial charge in [0, 0.05) is 24.3 Å². The van der Waals surface area contributed by atoms with E-state index in [2.05, 4.69) is 16.4 Å².